The van der Waals surface area contributed by atoms with Gasteiger partial charge in [0.1, 0.15) is 24.7 Å². The summed E-state index contributed by atoms with van der Waals surface area (Å²) in [4.78, 5) is 25.3. The first-order chi connectivity index (χ1) is 20.1. The third-order valence-electron chi connectivity index (χ3n) is 8.00. The minimum atomic E-state index is -0.935. The van der Waals surface area contributed by atoms with Gasteiger partial charge in [-0.25, -0.2) is 0 Å². The second kappa shape index (κ2) is 14.4. The summed E-state index contributed by atoms with van der Waals surface area (Å²) in [6, 6.07) is 7.80. The van der Waals surface area contributed by atoms with Crippen LogP contribution in [-0.4, -0.2) is 47.1 Å². The lowest BCUT2D eigenvalue weighted by Gasteiger charge is -2.28. The number of aryl methyl sites for hydroxylation is 3. The molecule has 0 aliphatic carbocycles. The van der Waals surface area contributed by atoms with Gasteiger partial charge in [0, 0.05) is 12.8 Å². The van der Waals surface area contributed by atoms with Crippen molar-refractivity contribution in [2.24, 2.45) is 5.41 Å². The van der Waals surface area contributed by atoms with E-state index in [0.29, 0.717) is 30.8 Å². The number of esters is 2. The van der Waals surface area contributed by atoms with Crippen LogP contribution in [-0.2, 0) is 54.6 Å². The molecule has 0 radical (unpaired) electrons. The molecule has 2 aromatic rings. The molecule has 0 amide bonds. The van der Waals surface area contributed by atoms with Crippen LogP contribution in [0.4, 0.5) is 0 Å². The van der Waals surface area contributed by atoms with E-state index in [1.54, 1.807) is 6.92 Å². The van der Waals surface area contributed by atoms with Crippen molar-refractivity contribution >= 4 is 11.9 Å². The largest absolute Gasteiger partial charge is 0.507 e. The molecule has 0 fully saturated rings. The number of phenols is 2. The zero-order chi connectivity index (χ0) is 33.7. The number of aromatic hydroxyl groups is 2. The van der Waals surface area contributed by atoms with Crippen LogP contribution in [0.2, 0.25) is 0 Å². The maximum absolute atomic E-state index is 12.7. The predicted molar refractivity (Wildman–Crippen MR) is 175 cm³/mol. The maximum Gasteiger partial charge on any atom is 0.306 e. The molecule has 0 saturated carbocycles. The van der Waals surface area contributed by atoms with E-state index in [1.165, 1.54) is 0 Å². The second-order valence-corrected chi connectivity index (χ2v) is 15.6. The lowest BCUT2D eigenvalue weighted by atomic mass is 9.78. The van der Waals surface area contributed by atoms with Gasteiger partial charge in [0.2, 0.25) is 0 Å². The molecule has 7 heteroatoms. The minimum absolute atomic E-state index is 0.0828. The number of aliphatic hydroxyl groups excluding tert-OH is 1. The van der Waals surface area contributed by atoms with Crippen molar-refractivity contribution in [1.29, 1.82) is 0 Å². The van der Waals surface area contributed by atoms with Crippen molar-refractivity contribution < 1.29 is 34.4 Å². The smallest absolute Gasteiger partial charge is 0.306 e. The normalized spacial score (nSPS) is 13.8. The molecule has 2 rings (SSSR count). The quantitative estimate of drug-likeness (QED) is 0.217. The first-order valence-corrected chi connectivity index (χ1v) is 15.8. The molecule has 3 N–H and O–H groups in total. The molecular formula is C37H56O7. The van der Waals surface area contributed by atoms with Gasteiger partial charge in [-0.3, -0.25) is 9.59 Å². The Labute approximate surface area is 265 Å². The van der Waals surface area contributed by atoms with E-state index >= 15 is 0 Å². The van der Waals surface area contributed by atoms with Crippen LogP contribution < -0.4 is 0 Å². The zero-order valence-corrected chi connectivity index (χ0v) is 28.9. The average Bonchev–Trinajstić information content (AvgIpc) is 2.91. The molecule has 0 aromatic heterocycles. The Morgan fingerprint density at radius 2 is 1.00 bits per heavy atom. The summed E-state index contributed by atoms with van der Waals surface area (Å²) in [5, 5.41) is 31.6. The van der Waals surface area contributed by atoms with Crippen LogP contribution in [0.3, 0.4) is 0 Å². The van der Waals surface area contributed by atoms with Crippen molar-refractivity contribution in [3.05, 3.63) is 57.6 Å². The molecule has 0 bridgehead atoms. The fraction of sp³-hybridized carbons (Fsp3) is 0.622. The number of ether oxygens (including phenoxy) is 2. The number of phenolic OH excluding ortho intramolecular Hbond substituents is 2. The Morgan fingerprint density at radius 1 is 0.636 bits per heavy atom. The van der Waals surface area contributed by atoms with Crippen molar-refractivity contribution in [3.8, 4) is 11.5 Å². The van der Waals surface area contributed by atoms with Gasteiger partial charge < -0.3 is 24.8 Å². The van der Waals surface area contributed by atoms with Gasteiger partial charge in [0.05, 0.1) is 12.0 Å². The topological polar surface area (TPSA) is 113 Å². The Kier molecular flexibility index (Phi) is 12.1. The van der Waals surface area contributed by atoms with E-state index in [4.69, 9.17) is 9.47 Å². The molecule has 44 heavy (non-hydrogen) atoms. The van der Waals surface area contributed by atoms with Crippen molar-refractivity contribution in [2.75, 3.05) is 19.8 Å². The summed E-state index contributed by atoms with van der Waals surface area (Å²) < 4.78 is 11.0. The van der Waals surface area contributed by atoms with Crippen LogP contribution in [0.15, 0.2) is 24.3 Å². The monoisotopic (exact) mass is 612 g/mol. The van der Waals surface area contributed by atoms with Crippen molar-refractivity contribution in [2.45, 2.75) is 125 Å². The highest BCUT2D eigenvalue weighted by Gasteiger charge is 2.29. The molecule has 246 valence electrons. The van der Waals surface area contributed by atoms with Crippen LogP contribution in [0.5, 0.6) is 11.5 Å². The molecule has 2 aromatic carbocycles. The van der Waals surface area contributed by atoms with E-state index in [-0.39, 0.29) is 48.9 Å². The van der Waals surface area contributed by atoms with Crippen LogP contribution >= 0.6 is 0 Å². The van der Waals surface area contributed by atoms with Gasteiger partial charge >= 0.3 is 11.9 Å². The maximum atomic E-state index is 12.7. The molecule has 0 aliphatic heterocycles. The van der Waals surface area contributed by atoms with E-state index in [0.717, 1.165) is 33.4 Å². The molecule has 0 heterocycles. The van der Waals surface area contributed by atoms with Gasteiger partial charge in [0.25, 0.3) is 0 Å². The molecule has 1 unspecified atom stereocenters. The number of carbonyl (C=O) groups excluding carboxylic acids is 2. The molecular weight excluding hydrogens is 556 g/mol. The zero-order valence-electron chi connectivity index (χ0n) is 28.9. The second-order valence-electron chi connectivity index (χ2n) is 15.6. The Bertz CT molecular complexity index is 1270. The third kappa shape index (κ3) is 10.3. The molecule has 0 spiro atoms. The van der Waals surface area contributed by atoms with Gasteiger partial charge in [0.15, 0.2) is 0 Å². The summed E-state index contributed by atoms with van der Waals surface area (Å²) in [5.41, 5.74) is 3.59. The summed E-state index contributed by atoms with van der Waals surface area (Å²) in [5.74, 6) is -0.205. The summed E-state index contributed by atoms with van der Waals surface area (Å²) >= 11 is 0. The number of rotatable bonds is 12. The van der Waals surface area contributed by atoms with Gasteiger partial charge in [-0.05, 0) is 68.9 Å². The Hall–Kier alpha value is -3.06. The number of hydrogen-bond acceptors (Lipinski definition) is 7. The molecule has 0 aliphatic rings. The fourth-order valence-electron chi connectivity index (χ4n) is 5.01. The van der Waals surface area contributed by atoms with E-state index in [1.807, 2.05) is 93.5 Å². The Balaban J connectivity index is 1.97. The third-order valence-corrected chi connectivity index (χ3v) is 8.00. The van der Waals surface area contributed by atoms with Crippen LogP contribution in [0, 0.1) is 5.41 Å². The van der Waals surface area contributed by atoms with Crippen molar-refractivity contribution in [1.82, 2.24) is 0 Å². The van der Waals surface area contributed by atoms with E-state index in [9.17, 15) is 24.9 Å². The van der Waals surface area contributed by atoms with Gasteiger partial charge in [-0.1, -0.05) is 100 Å². The standard InChI is InChI=1S/C37H56O7/c1-12-26-17-24(18-27(32(26)41)34(2,3)4)13-15-30(39)43-22-37(11,21-38)23-44-31(40)16-14-25-19-28(35(5,6)7)33(42)29(20-25)36(8,9)10/h17-20,38,41-42H,12-16,21-23H2,1-11H3. The number of aliphatic hydroxyl groups is 1. The summed E-state index contributed by atoms with van der Waals surface area (Å²) in [7, 11) is 0. The van der Waals surface area contributed by atoms with Crippen LogP contribution in [0.25, 0.3) is 0 Å². The predicted octanol–water partition coefficient (Wildman–Crippen LogP) is 7.20. The highest BCUT2D eigenvalue weighted by molar-refractivity contribution is 5.70. The SMILES string of the molecule is CCc1cc(CCC(=O)OCC(C)(CO)COC(=O)CCc2cc(C(C)(C)C)c(O)c(C(C)(C)C)c2)cc(C(C)(C)C)c1O. The fourth-order valence-corrected chi connectivity index (χ4v) is 5.01. The highest BCUT2D eigenvalue weighted by Crippen LogP contribution is 2.40. The lowest BCUT2D eigenvalue weighted by molar-refractivity contribution is -0.155. The number of hydrogen-bond donors (Lipinski definition) is 3. The van der Waals surface area contributed by atoms with Gasteiger partial charge in [-0.2, -0.15) is 0 Å². The molecule has 7 nitrogen and oxygen atoms in total. The van der Waals surface area contributed by atoms with E-state index in [2.05, 4.69) is 0 Å². The average molecular weight is 613 g/mol. The van der Waals surface area contributed by atoms with E-state index < -0.39 is 17.4 Å². The lowest BCUT2D eigenvalue weighted by Crippen LogP contribution is -2.35. The van der Waals surface area contributed by atoms with Gasteiger partial charge in [-0.15, -0.1) is 0 Å². The summed E-state index contributed by atoms with van der Waals surface area (Å²) in [6.45, 7) is 21.6. The first-order valence-electron chi connectivity index (χ1n) is 15.8. The highest BCUT2D eigenvalue weighted by atomic mass is 16.5. The minimum Gasteiger partial charge on any atom is -0.507 e. The number of benzene rings is 2. The molecule has 0 saturated heterocycles. The summed E-state index contributed by atoms with van der Waals surface area (Å²) in [6.07, 6.45) is 1.89. The number of carbonyl (C=O) groups is 2. The molecule has 1 atom stereocenters. The van der Waals surface area contributed by atoms with Crippen molar-refractivity contribution in [3.63, 3.8) is 0 Å². The Morgan fingerprint density at radius 3 is 1.34 bits per heavy atom. The van der Waals surface area contributed by atoms with Crippen LogP contribution in [0.1, 0.15) is 122 Å². The first kappa shape index (κ1) is 37.1.